The fraction of sp³-hybridized carbons (Fsp3) is 0.800. The largest absolute Gasteiger partial charge is 0.301 e. The quantitative estimate of drug-likeness (QED) is 0.674. The van der Waals surface area contributed by atoms with Crippen molar-refractivity contribution in [1.82, 2.24) is 9.80 Å². The van der Waals surface area contributed by atoms with Gasteiger partial charge in [-0.15, -0.1) is 0 Å². The highest BCUT2D eigenvalue weighted by Crippen LogP contribution is 2.14. The molecular weight excluding hydrogens is 184 g/mol. The van der Waals surface area contributed by atoms with E-state index in [4.69, 9.17) is 11.6 Å². The molecule has 13 heavy (non-hydrogen) atoms. The molecule has 0 spiro atoms. The molecule has 0 radical (unpaired) electrons. The van der Waals surface area contributed by atoms with E-state index in [1.807, 2.05) is 6.08 Å². The zero-order chi connectivity index (χ0) is 9.84. The van der Waals surface area contributed by atoms with Crippen LogP contribution in [0.5, 0.6) is 0 Å². The molecule has 2 atom stereocenters. The zero-order valence-electron chi connectivity index (χ0n) is 8.70. The highest BCUT2D eigenvalue weighted by atomic mass is 35.5. The second kappa shape index (κ2) is 4.99. The molecule has 1 saturated heterocycles. The van der Waals surface area contributed by atoms with Gasteiger partial charge < -0.3 is 4.90 Å². The molecule has 0 aromatic rings. The number of likely N-dealkylation sites (N-methyl/N-ethyl adjacent to an activating group) is 1. The van der Waals surface area contributed by atoms with E-state index in [1.54, 1.807) is 5.54 Å². The standard InChI is InChI=1S/C10H19ClN2/c1-9-10(2)13(6-4-5-11)8-7-12(9)3/h4-5,9-10H,6-8H2,1-3H3/b5-4+. The summed E-state index contributed by atoms with van der Waals surface area (Å²) in [4.78, 5) is 4.87. The van der Waals surface area contributed by atoms with Crippen LogP contribution in [0, 0.1) is 0 Å². The van der Waals surface area contributed by atoms with E-state index in [0.29, 0.717) is 12.1 Å². The molecule has 2 unspecified atom stereocenters. The van der Waals surface area contributed by atoms with Gasteiger partial charge in [-0.05, 0) is 20.9 Å². The number of hydrogen-bond acceptors (Lipinski definition) is 2. The topological polar surface area (TPSA) is 6.48 Å². The van der Waals surface area contributed by atoms with Crippen molar-refractivity contribution in [3.8, 4) is 0 Å². The lowest BCUT2D eigenvalue weighted by molar-refractivity contribution is 0.0614. The van der Waals surface area contributed by atoms with Crippen molar-refractivity contribution in [3.63, 3.8) is 0 Å². The van der Waals surface area contributed by atoms with Crippen molar-refractivity contribution in [2.45, 2.75) is 25.9 Å². The SMILES string of the molecule is CC1C(C)N(C/C=C/Cl)CCN1C. The van der Waals surface area contributed by atoms with Crippen LogP contribution in [0.1, 0.15) is 13.8 Å². The minimum absolute atomic E-state index is 0.617. The Balaban J connectivity index is 2.48. The van der Waals surface area contributed by atoms with Gasteiger partial charge in [0.25, 0.3) is 0 Å². The smallest absolute Gasteiger partial charge is 0.0224 e. The Kier molecular flexibility index (Phi) is 4.23. The van der Waals surface area contributed by atoms with E-state index in [-0.39, 0.29) is 0 Å². The van der Waals surface area contributed by atoms with Crippen LogP contribution in [0.2, 0.25) is 0 Å². The Labute approximate surface area is 86.2 Å². The summed E-state index contributed by atoms with van der Waals surface area (Å²) in [5.74, 6) is 0. The summed E-state index contributed by atoms with van der Waals surface area (Å²) in [6.45, 7) is 7.83. The molecule has 0 aliphatic carbocycles. The summed E-state index contributed by atoms with van der Waals surface area (Å²) < 4.78 is 0. The average Bonchev–Trinajstić information content (AvgIpc) is 2.13. The lowest BCUT2D eigenvalue weighted by atomic mass is 10.1. The number of halogens is 1. The first-order valence-electron chi connectivity index (χ1n) is 4.86. The minimum Gasteiger partial charge on any atom is -0.301 e. The van der Waals surface area contributed by atoms with Crippen molar-refractivity contribution in [3.05, 3.63) is 11.6 Å². The van der Waals surface area contributed by atoms with E-state index in [2.05, 4.69) is 30.7 Å². The van der Waals surface area contributed by atoms with Gasteiger partial charge >= 0.3 is 0 Å². The first-order valence-corrected chi connectivity index (χ1v) is 5.30. The molecule has 76 valence electrons. The molecule has 0 amide bonds. The molecule has 1 aliphatic heterocycles. The van der Waals surface area contributed by atoms with Gasteiger partial charge in [-0.25, -0.2) is 0 Å². The van der Waals surface area contributed by atoms with Gasteiger partial charge in [0.05, 0.1) is 0 Å². The van der Waals surface area contributed by atoms with Crippen molar-refractivity contribution < 1.29 is 0 Å². The van der Waals surface area contributed by atoms with Crippen LogP contribution in [0.25, 0.3) is 0 Å². The Hall–Kier alpha value is -0.0500. The number of rotatable bonds is 2. The van der Waals surface area contributed by atoms with Crippen molar-refractivity contribution in [2.24, 2.45) is 0 Å². The predicted molar refractivity (Wildman–Crippen MR) is 58.1 cm³/mol. The summed E-state index contributed by atoms with van der Waals surface area (Å²) in [6.07, 6.45) is 2.01. The second-order valence-corrected chi connectivity index (χ2v) is 4.07. The number of nitrogens with zero attached hydrogens (tertiary/aromatic N) is 2. The third-order valence-electron chi connectivity index (χ3n) is 3.14. The minimum atomic E-state index is 0.617. The Bertz CT molecular complexity index is 182. The molecule has 1 aliphatic rings. The van der Waals surface area contributed by atoms with Gasteiger partial charge in [0, 0.05) is 37.3 Å². The number of piperazine rings is 1. The molecule has 0 aromatic carbocycles. The molecule has 1 rings (SSSR count). The molecule has 0 N–H and O–H groups in total. The van der Waals surface area contributed by atoms with Gasteiger partial charge in [-0.3, -0.25) is 4.90 Å². The normalized spacial score (nSPS) is 32.9. The maximum absolute atomic E-state index is 5.52. The molecule has 0 saturated carbocycles. The second-order valence-electron chi connectivity index (χ2n) is 3.82. The maximum Gasteiger partial charge on any atom is 0.0224 e. The van der Waals surface area contributed by atoms with Crippen LogP contribution in [-0.4, -0.2) is 48.6 Å². The van der Waals surface area contributed by atoms with Crippen LogP contribution in [-0.2, 0) is 0 Å². The lowest BCUT2D eigenvalue weighted by Crippen LogP contribution is -2.55. The van der Waals surface area contributed by atoms with Gasteiger partial charge in [0.1, 0.15) is 0 Å². The van der Waals surface area contributed by atoms with Crippen LogP contribution in [0.15, 0.2) is 11.6 Å². The lowest BCUT2D eigenvalue weighted by Gasteiger charge is -2.43. The van der Waals surface area contributed by atoms with Gasteiger partial charge in [0.2, 0.25) is 0 Å². The molecule has 0 aromatic heterocycles. The summed E-state index contributed by atoms with van der Waals surface area (Å²) in [6, 6.07) is 1.25. The maximum atomic E-state index is 5.52. The van der Waals surface area contributed by atoms with Crippen molar-refractivity contribution in [1.29, 1.82) is 0 Å². The average molecular weight is 203 g/mol. The Morgan fingerprint density at radius 2 is 2.00 bits per heavy atom. The first kappa shape index (κ1) is 11.0. The molecule has 2 nitrogen and oxygen atoms in total. The van der Waals surface area contributed by atoms with Gasteiger partial charge in [-0.1, -0.05) is 17.7 Å². The van der Waals surface area contributed by atoms with E-state index < -0.39 is 0 Å². The third kappa shape index (κ3) is 2.70. The van der Waals surface area contributed by atoms with E-state index in [9.17, 15) is 0 Å². The Morgan fingerprint density at radius 3 is 2.62 bits per heavy atom. The summed E-state index contributed by atoms with van der Waals surface area (Å²) >= 11 is 5.52. The molecule has 3 heteroatoms. The molecule has 1 fully saturated rings. The highest BCUT2D eigenvalue weighted by molar-refractivity contribution is 6.25. The van der Waals surface area contributed by atoms with E-state index in [0.717, 1.165) is 19.6 Å². The fourth-order valence-corrected chi connectivity index (χ4v) is 1.88. The first-order chi connectivity index (χ1) is 6.16. The Morgan fingerprint density at radius 1 is 1.31 bits per heavy atom. The van der Waals surface area contributed by atoms with Gasteiger partial charge in [-0.2, -0.15) is 0 Å². The third-order valence-corrected chi connectivity index (χ3v) is 3.32. The van der Waals surface area contributed by atoms with Crippen LogP contribution in [0.4, 0.5) is 0 Å². The van der Waals surface area contributed by atoms with Crippen molar-refractivity contribution >= 4 is 11.6 Å². The van der Waals surface area contributed by atoms with Gasteiger partial charge in [0.15, 0.2) is 0 Å². The summed E-state index contributed by atoms with van der Waals surface area (Å²) in [5, 5.41) is 0. The number of hydrogen-bond donors (Lipinski definition) is 0. The van der Waals surface area contributed by atoms with Crippen LogP contribution in [0.3, 0.4) is 0 Å². The van der Waals surface area contributed by atoms with Crippen LogP contribution < -0.4 is 0 Å². The summed E-state index contributed by atoms with van der Waals surface area (Å²) in [5.41, 5.74) is 1.61. The molecule has 1 heterocycles. The fourth-order valence-electron chi connectivity index (χ4n) is 1.80. The molecular formula is C10H19ClN2. The van der Waals surface area contributed by atoms with Crippen LogP contribution >= 0.6 is 11.6 Å². The molecule has 0 bridgehead atoms. The highest BCUT2D eigenvalue weighted by Gasteiger charge is 2.27. The summed E-state index contributed by atoms with van der Waals surface area (Å²) in [7, 11) is 2.19. The van der Waals surface area contributed by atoms with E-state index in [1.165, 1.54) is 0 Å². The van der Waals surface area contributed by atoms with Crippen molar-refractivity contribution in [2.75, 3.05) is 26.7 Å². The van der Waals surface area contributed by atoms with E-state index >= 15 is 0 Å². The zero-order valence-corrected chi connectivity index (χ0v) is 9.46. The predicted octanol–water partition coefficient (Wildman–Crippen LogP) is 1.76. The monoisotopic (exact) mass is 202 g/mol.